The van der Waals surface area contributed by atoms with Crippen LogP contribution < -0.4 is 20.3 Å². The van der Waals surface area contributed by atoms with Crippen molar-refractivity contribution in [1.29, 1.82) is 0 Å². The van der Waals surface area contributed by atoms with Crippen LogP contribution in [0, 0.1) is 13.8 Å². The van der Waals surface area contributed by atoms with E-state index in [0.29, 0.717) is 17.1 Å². The molecule has 2 heterocycles. The fraction of sp³-hybridized carbons (Fsp3) is 0.389. The van der Waals surface area contributed by atoms with E-state index >= 15 is 0 Å². The standard InChI is InChI=1S/C18H22N4O3S/c1-5-13(17-19-10(2)11(3)26-17)21-18(24)20-12-6-7-14-15(8-12)25-9-16(23)22(14)4/h6-8,13H,5,9H2,1-4H3,(H2,20,21,24)/t13-/m1/s1. The van der Waals surface area contributed by atoms with Crippen molar-refractivity contribution in [2.75, 3.05) is 23.9 Å². The van der Waals surface area contributed by atoms with Crippen molar-refractivity contribution in [3.63, 3.8) is 0 Å². The van der Waals surface area contributed by atoms with E-state index in [1.165, 1.54) is 0 Å². The summed E-state index contributed by atoms with van der Waals surface area (Å²) in [6.45, 7) is 6.01. The highest BCUT2D eigenvalue weighted by molar-refractivity contribution is 7.11. The van der Waals surface area contributed by atoms with Crippen molar-refractivity contribution < 1.29 is 14.3 Å². The second-order valence-corrected chi connectivity index (χ2v) is 7.41. The van der Waals surface area contributed by atoms with Crippen LogP contribution in [0.3, 0.4) is 0 Å². The van der Waals surface area contributed by atoms with Gasteiger partial charge in [-0.3, -0.25) is 4.79 Å². The van der Waals surface area contributed by atoms with Gasteiger partial charge in [0, 0.05) is 23.7 Å². The van der Waals surface area contributed by atoms with E-state index in [-0.39, 0.29) is 24.6 Å². The van der Waals surface area contributed by atoms with Crippen LogP contribution in [-0.2, 0) is 4.79 Å². The van der Waals surface area contributed by atoms with Crippen LogP contribution in [-0.4, -0.2) is 30.6 Å². The molecule has 26 heavy (non-hydrogen) atoms. The molecule has 2 N–H and O–H groups in total. The number of hydrogen-bond donors (Lipinski definition) is 2. The van der Waals surface area contributed by atoms with Gasteiger partial charge in [-0.1, -0.05) is 6.92 Å². The van der Waals surface area contributed by atoms with Crippen LogP contribution in [0.25, 0.3) is 0 Å². The summed E-state index contributed by atoms with van der Waals surface area (Å²) in [6, 6.07) is 4.78. The summed E-state index contributed by atoms with van der Waals surface area (Å²) in [5, 5.41) is 6.69. The van der Waals surface area contributed by atoms with Crippen molar-refractivity contribution >= 4 is 34.6 Å². The Kier molecular flexibility index (Phi) is 5.13. The number of carbonyl (C=O) groups excluding carboxylic acids is 2. The van der Waals surface area contributed by atoms with Crippen molar-refractivity contribution in [3.8, 4) is 5.75 Å². The van der Waals surface area contributed by atoms with Gasteiger partial charge in [0.1, 0.15) is 10.8 Å². The maximum Gasteiger partial charge on any atom is 0.319 e. The van der Waals surface area contributed by atoms with Gasteiger partial charge in [-0.2, -0.15) is 0 Å². The largest absolute Gasteiger partial charge is 0.481 e. The minimum Gasteiger partial charge on any atom is -0.481 e. The lowest BCUT2D eigenvalue weighted by Crippen LogP contribution is -2.35. The quantitative estimate of drug-likeness (QED) is 0.859. The molecule has 3 amide bonds. The van der Waals surface area contributed by atoms with Crippen LogP contribution in [0.2, 0.25) is 0 Å². The number of carbonyl (C=O) groups is 2. The lowest BCUT2D eigenvalue weighted by molar-refractivity contribution is -0.120. The minimum atomic E-state index is -0.303. The zero-order chi connectivity index (χ0) is 18.8. The average molecular weight is 374 g/mol. The predicted octanol–water partition coefficient (Wildman–Crippen LogP) is 3.39. The third-order valence-corrected chi connectivity index (χ3v) is 5.55. The van der Waals surface area contributed by atoms with Crippen LogP contribution >= 0.6 is 11.3 Å². The molecule has 1 aliphatic rings. The number of aryl methyl sites for hydroxylation is 2. The summed E-state index contributed by atoms with van der Waals surface area (Å²) in [5.74, 6) is 0.471. The molecule has 0 aliphatic carbocycles. The van der Waals surface area contributed by atoms with Gasteiger partial charge in [0.25, 0.3) is 5.91 Å². The molecule has 0 saturated heterocycles. The monoisotopic (exact) mass is 374 g/mol. The molecule has 0 bridgehead atoms. The molecule has 3 rings (SSSR count). The topological polar surface area (TPSA) is 83.6 Å². The fourth-order valence-corrected chi connectivity index (χ4v) is 3.72. The molecule has 138 valence electrons. The van der Waals surface area contributed by atoms with E-state index < -0.39 is 0 Å². The van der Waals surface area contributed by atoms with E-state index in [1.54, 1.807) is 41.5 Å². The van der Waals surface area contributed by atoms with Crippen molar-refractivity contribution in [2.45, 2.75) is 33.2 Å². The first-order valence-electron chi connectivity index (χ1n) is 8.44. The smallest absolute Gasteiger partial charge is 0.319 e. The Balaban J connectivity index is 1.69. The second-order valence-electron chi connectivity index (χ2n) is 6.18. The highest BCUT2D eigenvalue weighted by Crippen LogP contribution is 2.33. The van der Waals surface area contributed by atoms with Crippen molar-refractivity contribution in [2.24, 2.45) is 0 Å². The first-order valence-corrected chi connectivity index (χ1v) is 9.25. The fourth-order valence-electron chi connectivity index (χ4n) is 2.67. The molecule has 0 unspecified atom stereocenters. The lowest BCUT2D eigenvalue weighted by atomic mass is 10.2. The number of hydrogen-bond acceptors (Lipinski definition) is 5. The van der Waals surface area contributed by atoms with Crippen LogP contribution in [0.4, 0.5) is 16.2 Å². The number of rotatable bonds is 4. The molecule has 2 aromatic rings. The van der Waals surface area contributed by atoms with E-state index in [4.69, 9.17) is 4.74 Å². The lowest BCUT2D eigenvalue weighted by Gasteiger charge is -2.26. The second kappa shape index (κ2) is 7.33. The summed E-state index contributed by atoms with van der Waals surface area (Å²) in [7, 11) is 1.70. The molecular formula is C18H22N4O3S. The predicted molar refractivity (Wildman–Crippen MR) is 102 cm³/mol. The summed E-state index contributed by atoms with van der Waals surface area (Å²) in [4.78, 5) is 31.3. The number of fused-ring (bicyclic) bond motifs is 1. The van der Waals surface area contributed by atoms with E-state index in [2.05, 4.69) is 15.6 Å². The Morgan fingerprint density at radius 2 is 2.19 bits per heavy atom. The molecule has 1 aromatic heterocycles. The third kappa shape index (κ3) is 3.65. The van der Waals surface area contributed by atoms with Crippen LogP contribution in [0.15, 0.2) is 18.2 Å². The molecule has 0 fully saturated rings. The maximum atomic E-state index is 12.4. The van der Waals surface area contributed by atoms with Gasteiger partial charge in [0.15, 0.2) is 6.61 Å². The Bertz CT molecular complexity index is 829. The first-order chi connectivity index (χ1) is 12.4. The van der Waals surface area contributed by atoms with Crippen molar-refractivity contribution in [3.05, 3.63) is 33.8 Å². The van der Waals surface area contributed by atoms with Crippen LogP contribution in [0.5, 0.6) is 5.75 Å². The number of nitrogens with zero attached hydrogens (tertiary/aromatic N) is 2. The number of nitrogens with one attached hydrogen (secondary N) is 2. The molecule has 7 nitrogen and oxygen atoms in total. The molecule has 0 radical (unpaired) electrons. The normalized spacial score (nSPS) is 14.5. The Morgan fingerprint density at radius 1 is 1.42 bits per heavy atom. The van der Waals surface area contributed by atoms with Gasteiger partial charge in [0.2, 0.25) is 0 Å². The number of thiazole rings is 1. The van der Waals surface area contributed by atoms with Gasteiger partial charge in [-0.15, -0.1) is 11.3 Å². The number of aromatic nitrogens is 1. The Morgan fingerprint density at radius 3 is 2.85 bits per heavy atom. The van der Waals surface area contributed by atoms with E-state index in [1.807, 2.05) is 20.8 Å². The molecule has 1 atom stereocenters. The highest BCUT2D eigenvalue weighted by atomic mass is 32.1. The number of ether oxygens (including phenoxy) is 1. The van der Waals surface area contributed by atoms with Gasteiger partial charge >= 0.3 is 6.03 Å². The summed E-state index contributed by atoms with van der Waals surface area (Å²) in [6.07, 6.45) is 0.750. The zero-order valence-electron chi connectivity index (χ0n) is 15.3. The first kappa shape index (κ1) is 18.2. The summed E-state index contributed by atoms with van der Waals surface area (Å²) in [5.41, 5.74) is 2.29. The SMILES string of the molecule is CC[C@@H](NC(=O)Nc1ccc2c(c1)OCC(=O)N2C)c1nc(C)c(C)s1. The maximum absolute atomic E-state index is 12.4. The number of likely N-dealkylation sites (N-methyl/N-ethyl adjacent to an activating group) is 1. The number of benzene rings is 1. The van der Waals surface area contributed by atoms with Gasteiger partial charge in [-0.05, 0) is 32.4 Å². The molecule has 1 aliphatic heterocycles. The minimum absolute atomic E-state index is 0.000190. The van der Waals surface area contributed by atoms with Gasteiger partial charge in [0.05, 0.1) is 17.4 Å². The molecule has 0 spiro atoms. The van der Waals surface area contributed by atoms with Gasteiger partial charge in [-0.25, -0.2) is 9.78 Å². The van der Waals surface area contributed by atoms with Crippen molar-refractivity contribution in [1.82, 2.24) is 10.3 Å². The molecule has 1 aromatic carbocycles. The number of amides is 3. The van der Waals surface area contributed by atoms with Crippen LogP contribution in [0.1, 0.15) is 35.0 Å². The molecule has 8 heteroatoms. The highest BCUT2D eigenvalue weighted by Gasteiger charge is 2.23. The molecular weight excluding hydrogens is 352 g/mol. The summed E-state index contributed by atoms with van der Waals surface area (Å²) >= 11 is 1.60. The zero-order valence-corrected chi connectivity index (χ0v) is 16.1. The number of urea groups is 1. The Hall–Kier alpha value is -2.61. The molecule has 0 saturated carbocycles. The summed E-state index contributed by atoms with van der Waals surface area (Å²) < 4.78 is 5.44. The van der Waals surface area contributed by atoms with E-state index in [9.17, 15) is 9.59 Å². The van der Waals surface area contributed by atoms with Gasteiger partial charge < -0.3 is 20.3 Å². The van der Waals surface area contributed by atoms with E-state index in [0.717, 1.165) is 22.0 Å². The number of anilines is 2. The Labute approximate surface area is 156 Å². The third-order valence-electron chi connectivity index (χ3n) is 4.36. The average Bonchev–Trinajstić information content (AvgIpc) is 2.95.